The van der Waals surface area contributed by atoms with E-state index in [4.69, 9.17) is 9.47 Å². The first-order valence-corrected chi connectivity index (χ1v) is 8.66. The lowest BCUT2D eigenvalue weighted by Crippen LogP contribution is -2.37. The Kier molecular flexibility index (Phi) is 7.40. The van der Waals surface area contributed by atoms with Crippen molar-refractivity contribution in [3.05, 3.63) is 35.4 Å². The summed E-state index contributed by atoms with van der Waals surface area (Å²) in [6, 6.07) is 7.02. The lowest BCUT2D eigenvalue weighted by molar-refractivity contribution is -0.145. The number of benzene rings is 1. The van der Waals surface area contributed by atoms with Gasteiger partial charge in [0.05, 0.1) is 25.4 Å². The fourth-order valence-corrected chi connectivity index (χ4v) is 2.79. The topological polar surface area (TPSA) is 65.1 Å². The molecule has 1 saturated heterocycles. The minimum Gasteiger partial charge on any atom is -0.465 e. The number of carbonyl (C=O) groups excluding carboxylic acids is 2. The van der Waals surface area contributed by atoms with Crippen LogP contribution in [0.5, 0.6) is 0 Å². The summed E-state index contributed by atoms with van der Waals surface area (Å²) in [6.45, 7) is 3.45. The third kappa shape index (κ3) is 5.83. The summed E-state index contributed by atoms with van der Waals surface area (Å²) < 4.78 is 16.0. The zero-order valence-electron chi connectivity index (χ0n) is 15.2. The summed E-state index contributed by atoms with van der Waals surface area (Å²) in [7, 11) is 3.09. The van der Waals surface area contributed by atoms with Crippen LogP contribution >= 0.6 is 0 Å². The maximum Gasteiger partial charge on any atom is 0.337 e. The van der Waals surface area contributed by atoms with E-state index in [1.54, 1.807) is 31.0 Å². The predicted molar refractivity (Wildman–Crippen MR) is 93.3 cm³/mol. The van der Waals surface area contributed by atoms with E-state index in [9.17, 15) is 9.59 Å². The second-order valence-electron chi connectivity index (χ2n) is 6.35. The Labute approximate surface area is 149 Å². The molecule has 138 valence electrons. The van der Waals surface area contributed by atoms with Crippen molar-refractivity contribution in [2.24, 2.45) is 0 Å². The Morgan fingerprint density at radius 2 is 2.00 bits per heavy atom. The first-order chi connectivity index (χ1) is 12.0. The van der Waals surface area contributed by atoms with Crippen LogP contribution in [0.25, 0.3) is 0 Å². The van der Waals surface area contributed by atoms with Gasteiger partial charge in [0.25, 0.3) is 5.91 Å². The van der Waals surface area contributed by atoms with Crippen molar-refractivity contribution in [3.8, 4) is 0 Å². The molecule has 6 heteroatoms. The summed E-state index contributed by atoms with van der Waals surface area (Å²) in [4.78, 5) is 25.5. The molecule has 0 spiro atoms. The van der Waals surface area contributed by atoms with E-state index in [0.717, 1.165) is 31.4 Å². The van der Waals surface area contributed by atoms with Crippen LogP contribution in [0.3, 0.4) is 0 Å². The van der Waals surface area contributed by atoms with Gasteiger partial charge in [0.15, 0.2) is 0 Å². The van der Waals surface area contributed by atoms with Crippen molar-refractivity contribution < 1.29 is 23.8 Å². The van der Waals surface area contributed by atoms with Crippen molar-refractivity contribution in [1.29, 1.82) is 0 Å². The lowest BCUT2D eigenvalue weighted by Gasteiger charge is -2.26. The van der Waals surface area contributed by atoms with Crippen molar-refractivity contribution in [1.82, 2.24) is 4.90 Å². The van der Waals surface area contributed by atoms with Crippen molar-refractivity contribution >= 4 is 11.9 Å². The van der Waals surface area contributed by atoms with Crippen LogP contribution in [0, 0.1) is 0 Å². The average Bonchev–Trinajstić information content (AvgIpc) is 2.66. The average molecular weight is 349 g/mol. The number of esters is 1. The molecule has 25 heavy (non-hydrogen) atoms. The second-order valence-corrected chi connectivity index (χ2v) is 6.35. The van der Waals surface area contributed by atoms with E-state index in [-0.39, 0.29) is 18.0 Å². The lowest BCUT2D eigenvalue weighted by atomic mass is 10.1. The summed E-state index contributed by atoms with van der Waals surface area (Å²) in [5, 5.41) is 0. The maximum absolute atomic E-state index is 12.4. The quantitative estimate of drug-likeness (QED) is 0.707. The zero-order chi connectivity index (χ0) is 18.2. The summed E-state index contributed by atoms with van der Waals surface area (Å²) in [6.07, 6.45) is 2.83. The highest BCUT2D eigenvalue weighted by atomic mass is 16.5. The molecule has 0 bridgehead atoms. The van der Waals surface area contributed by atoms with Gasteiger partial charge in [-0.15, -0.1) is 0 Å². The number of methoxy groups -OCH3 is 1. The van der Waals surface area contributed by atoms with Gasteiger partial charge in [0.2, 0.25) is 0 Å². The smallest absolute Gasteiger partial charge is 0.337 e. The van der Waals surface area contributed by atoms with Gasteiger partial charge in [0.1, 0.15) is 6.10 Å². The van der Waals surface area contributed by atoms with E-state index in [2.05, 4.69) is 4.74 Å². The SMILES string of the molecule is COC(=O)c1ccc(CN(C)C(=O)C(C)OCC2CCCCO2)cc1. The third-order valence-corrected chi connectivity index (χ3v) is 4.32. The molecule has 1 amide bonds. The summed E-state index contributed by atoms with van der Waals surface area (Å²) in [5.41, 5.74) is 1.43. The highest BCUT2D eigenvalue weighted by Crippen LogP contribution is 2.14. The van der Waals surface area contributed by atoms with Gasteiger partial charge in [-0.05, 0) is 43.9 Å². The Bertz CT molecular complexity index is 566. The highest BCUT2D eigenvalue weighted by molar-refractivity contribution is 5.89. The molecule has 1 fully saturated rings. The van der Waals surface area contributed by atoms with Gasteiger partial charge in [-0.25, -0.2) is 4.79 Å². The number of nitrogens with zero attached hydrogens (tertiary/aromatic N) is 1. The molecule has 0 N–H and O–H groups in total. The summed E-state index contributed by atoms with van der Waals surface area (Å²) in [5.74, 6) is -0.448. The van der Waals surface area contributed by atoms with E-state index < -0.39 is 6.10 Å². The van der Waals surface area contributed by atoms with Gasteiger partial charge in [0, 0.05) is 20.2 Å². The molecule has 2 atom stereocenters. The Morgan fingerprint density at radius 3 is 2.60 bits per heavy atom. The standard InChI is InChI=1S/C19H27NO5/c1-14(25-13-17-6-4-5-11-24-17)18(21)20(2)12-15-7-9-16(10-8-15)19(22)23-3/h7-10,14,17H,4-6,11-13H2,1-3H3. The molecule has 1 aromatic rings. The highest BCUT2D eigenvalue weighted by Gasteiger charge is 2.21. The monoisotopic (exact) mass is 349 g/mol. The van der Waals surface area contributed by atoms with Crippen LogP contribution in [0.15, 0.2) is 24.3 Å². The first kappa shape index (κ1) is 19.4. The van der Waals surface area contributed by atoms with E-state index in [1.165, 1.54) is 7.11 Å². The fourth-order valence-electron chi connectivity index (χ4n) is 2.79. The number of hydrogen-bond acceptors (Lipinski definition) is 5. The van der Waals surface area contributed by atoms with Crippen LogP contribution in [0.4, 0.5) is 0 Å². The second kappa shape index (κ2) is 9.53. The van der Waals surface area contributed by atoms with Gasteiger partial charge in [-0.2, -0.15) is 0 Å². The van der Waals surface area contributed by atoms with Crippen LogP contribution in [0.1, 0.15) is 42.1 Å². The molecule has 1 aromatic carbocycles. The molecule has 1 aliphatic heterocycles. The Morgan fingerprint density at radius 1 is 1.28 bits per heavy atom. The largest absolute Gasteiger partial charge is 0.465 e. The number of amides is 1. The molecule has 2 unspecified atom stereocenters. The zero-order valence-corrected chi connectivity index (χ0v) is 15.2. The van der Waals surface area contributed by atoms with Crippen LogP contribution in [0.2, 0.25) is 0 Å². The minimum absolute atomic E-state index is 0.0761. The third-order valence-electron chi connectivity index (χ3n) is 4.32. The van der Waals surface area contributed by atoms with Gasteiger partial charge in [-0.3, -0.25) is 4.79 Å². The van der Waals surface area contributed by atoms with Crippen LogP contribution in [-0.4, -0.2) is 56.4 Å². The molecule has 0 radical (unpaired) electrons. The molecule has 0 aromatic heterocycles. The molecule has 6 nitrogen and oxygen atoms in total. The van der Waals surface area contributed by atoms with Crippen LogP contribution in [-0.2, 0) is 25.5 Å². The molecule has 1 aliphatic rings. The number of hydrogen-bond donors (Lipinski definition) is 0. The van der Waals surface area contributed by atoms with Crippen molar-refractivity contribution in [3.63, 3.8) is 0 Å². The molecule has 1 heterocycles. The van der Waals surface area contributed by atoms with Crippen molar-refractivity contribution in [2.75, 3.05) is 27.4 Å². The van der Waals surface area contributed by atoms with Crippen molar-refractivity contribution in [2.45, 2.75) is 44.9 Å². The minimum atomic E-state index is -0.509. The van der Waals surface area contributed by atoms with Gasteiger partial charge in [-0.1, -0.05) is 12.1 Å². The van der Waals surface area contributed by atoms with E-state index in [1.807, 2.05) is 12.1 Å². The first-order valence-electron chi connectivity index (χ1n) is 8.66. The Balaban J connectivity index is 1.81. The van der Waals surface area contributed by atoms with E-state index >= 15 is 0 Å². The normalized spacial score (nSPS) is 18.4. The molecule has 0 aliphatic carbocycles. The Hall–Kier alpha value is -1.92. The predicted octanol–water partition coefficient (Wildman–Crippen LogP) is 2.41. The molecular weight excluding hydrogens is 322 g/mol. The number of rotatable bonds is 7. The fraction of sp³-hybridized carbons (Fsp3) is 0.579. The number of ether oxygens (including phenoxy) is 3. The molecule has 0 saturated carbocycles. The van der Waals surface area contributed by atoms with E-state index in [0.29, 0.717) is 18.7 Å². The molecular formula is C19H27NO5. The van der Waals surface area contributed by atoms with Gasteiger partial charge < -0.3 is 19.1 Å². The molecule has 2 rings (SSSR count). The van der Waals surface area contributed by atoms with Crippen LogP contribution < -0.4 is 0 Å². The number of likely N-dealkylation sites (N-methyl/N-ethyl adjacent to an activating group) is 1. The number of carbonyl (C=O) groups is 2. The van der Waals surface area contributed by atoms with Gasteiger partial charge >= 0.3 is 5.97 Å². The summed E-state index contributed by atoms with van der Waals surface area (Å²) >= 11 is 0. The maximum atomic E-state index is 12.4.